The van der Waals surface area contributed by atoms with Crippen LogP contribution in [0, 0.1) is 0 Å². The van der Waals surface area contributed by atoms with Gasteiger partial charge in [-0.05, 0) is 30.7 Å². The van der Waals surface area contributed by atoms with Crippen LogP contribution in [-0.2, 0) is 21.5 Å². The van der Waals surface area contributed by atoms with E-state index < -0.39 is 11.4 Å². The van der Waals surface area contributed by atoms with Crippen molar-refractivity contribution in [2.24, 2.45) is 0 Å². The molecule has 0 spiro atoms. The van der Waals surface area contributed by atoms with E-state index >= 15 is 0 Å². The highest BCUT2D eigenvalue weighted by molar-refractivity contribution is 6.07. The molecule has 4 rings (SSSR count). The van der Waals surface area contributed by atoms with Crippen molar-refractivity contribution < 1.29 is 23.8 Å². The Morgan fingerprint density at radius 1 is 1.09 bits per heavy atom. The maximum Gasteiger partial charge on any atom is 0.356 e. The van der Waals surface area contributed by atoms with Gasteiger partial charge in [-0.3, -0.25) is 9.69 Å². The molecule has 9 heteroatoms. The molecule has 176 valence electrons. The fourth-order valence-electron chi connectivity index (χ4n) is 4.33. The van der Waals surface area contributed by atoms with Crippen LogP contribution < -0.4 is 14.4 Å². The minimum atomic E-state index is -0.940. The van der Waals surface area contributed by atoms with Crippen LogP contribution in [-0.4, -0.2) is 48.2 Å². The van der Waals surface area contributed by atoms with Gasteiger partial charge in [0.25, 0.3) is 0 Å². The van der Waals surface area contributed by atoms with Crippen molar-refractivity contribution >= 4 is 17.7 Å². The number of nitrogens with zero attached hydrogens (tertiary/aromatic N) is 4. The molecule has 0 saturated heterocycles. The van der Waals surface area contributed by atoms with Gasteiger partial charge < -0.3 is 14.2 Å². The molecule has 9 nitrogen and oxygen atoms in total. The van der Waals surface area contributed by atoms with Gasteiger partial charge in [0.1, 0.15) is 29.3 Å². The van der Waals surface area contributed by atoms with E-state index in [1.54, 1.807) is 49.7 Å². The fourth-order valence-corrected chi connectivity index (χ4v) is 4.33. The van der Waals surface area contributed by atoms with Gasteiger partial charge in [0.2, 0.25) is 5.91 Å². The lowest BCUT2D eigenvalue weighted by molar-refractivity contribution is -0.123. The van der Waals surface area contributed by atoms with Crippen LogP contribution in [0.4, 0.5) is 5.82 Å². The summed E-state index contributed by atoms with van der Waals surface area (Å²) in [5, 5.41) is 0. The fraction of sp³-hybridized carbons (Fsp3) is 0.320. The van der Waals surface area contributed by atoms with Crippen molar-refractivity contribution in [3.05, 3.63) is 71.4 Å². The predicted molar refractivity (Wildman–Crippen MR) is 124 cm³/mol. The summed E-state index contributed by atoms with van der Waals surface area (Å²) in [6, 6.07) is 8.88. The first-order valence-electron chi connectivity index (χ1n) is 10.7. The number of benzene rings is 1. The number of hydrogen-bond acceptors (Lipinski definition) is 8. The molecular weight excluding hydrogens is 436 g/mol. The number of anilines is 1. The first-order valence-corrected chi connectivity index (χ1v) is 10.7. The van der Waals surface area contributed by atoms with Crippen molar-refractivity contribution in [2.75, 3.05) is 26.2 Å². The smallest absolute Gasteiger partial charge is 0.356 e. The van der Waals surface area contributed by atoms with Crippen molar-refractivity contribution in [1.82, 2.24) is 15.0 Å². The summed E-state index contributed by atoms with van der Waals surface area (Å²) in [6.07, 6.45) is 4.74. The van der Waals surface area contributed by atoms with E-state index in [1.807, 2.05) is 26.0 Å². The number of rotatable bonds is 7. The molecule has 1 unspecified atom stereocenters. The number of amides is 1. The van der Waals surface area contributed by atoms with E-state index in [2.05, 4.69) is 15.0 Å². The minimum Gasteiger partial charge on any atom is -0.497 e. The third-order valence-corrected chi connectivity index (χ3v) is 6.57. The largest absolute Gasteiger partial charge is 0.497 e. The van der Waals surface area contributed by atoms with Crippen LogP contribution in [0.25, 0.3) is 0 Å². The quantitative estimate of drug-likeness (QED) is 0.493. The molecule has 0 N–H and O–H groups in total. The molecule has 2 aromatic heterocycles. The van der Waals surface area contributed by atoms with E-state index in [4.69, 9.17) is 14.2 Å². The molecule has 0 aliphatic carbocycles. The standard InChI is InChI=1S/C25H26N4O5/c1-15(16-7-9-20(27-11-16)23(30)34-5)25(2)19-12-26-14-28-22(19)29(24(25)31)13-17-6-8-18(32-3)10-21(17)33-4/h6-12,14-15H,13H2,1-5H3/t15?,25-/m1/s1. The predicted octanol–water partition coefficient (Wildman–Crippen LogP) is 3.28. The molecule has 3 heterocycles. The number of aromatic nitrogens is 3. The molecule has 0 bridgehead atoms. The lowest BCUT2D eigenvalue weighted by Gasteiger charge is -2.31. The van der Waals surface area contributed by atoms with Crippen LogP contribution in [0.1, 0.15) is 46.9 Å². The van der Waals surface area contributed by atoms with Crippen LogP contribution in [0.15, 0.2) is 49.1 Å². The molecule has 1 aliphatic rings. The van der Waals surface area contributed by atoms with E-state index in [-0.39, 0.29) is 24.1 Å². The number of ether oxygens (including phenoxy) is 3. The zero-order valence-electron chi connectivity index (χ0n) is 19.7. The molecule has 1 amide bonds. The number of methoxy groups -OCH3 is 3. The summed E-state index contributed by atoms with van der Waals surface area (Å²) < 4.78 is 15.5. The average Bonchev–Trinajstić information content (AvgIpc) is 3.10. The van der Waals surface area contributed by atoms with Gasteiger partial charge in [0.15, 0.2) is 0 Å². The summed E-state index contributed by atoms with van der Waals surface area (Å²) in [5.41, 5.74) is 1.63. The topological polar surface area (TPSA) is 104 Å². The Labute approximate surface area is 197 Å². The maximum atomic E-state index is 13.9. The van der Waals surface area contributed by atoms with Gasteiger partial charge >= 0.3 is 5.97 Å². The summed E-state index contributed by atoms with van der Waals surface area (Å²) in [7, 11) is 4.48. The Bertz CT molecular complexity index is 1230. The van der Waals surface area contributed by atoms with Gasteiger partial charge in [-0.2, -0.15) is 0 Å². The summed E-state index contributed by atoms with van der Waals surface area (Å²) in [4.78, 5) is 40.2. The number of carbonyl (C=O) groups excluding carboxylic acids is 2. The van der Waals surface area contributed by atoms with Crippen LogP contribution in [0.2, 0.25) is 0 Å². The minimum absolute atomic E-state index is 0.106. The number of carbonyl (C=O) groups is 2. The highest BCUT2D eigenvalue weighted by atomic mass is 16.5. The van der Waals surface area contributed by atoms with Crippen LogP contribution in [0.3, 0.4) is 0 Å². The molecule has 3 aromatic rings. The molecule has 0 radical (unpaired) electrons. The molecule has 1 aliphatic heterocycles. The van der Waals surface area contributed by atoms with Gasteiger partial charge in [-0.15, -0.1) is 0 Å². The van der Waals surface area contributed by atoms with Gasteiger partial charge in [0.05, 0.1) is 33.3 Å². The number of fused-ring (bicyclic) bond motifs is 1. The number of pyridine rings is 1. The lowest BCUT2D eigenvalue weighted by atomic mass is 9.71. The third kappa shape index (κ3) is 3.72. The molecule has 2 atom stereocenters. The Balaban J connectivity index is 1.71. The lowest BCUT2D eigenvalue weighted by Crippen LogP contribution is -2.41. The average molecular weight is 463 g/mol. The second kappa shape index (κ2) is 9.09. The van der Waals surface area contributed by atoms with Gasteiger partial charge in [-0.25, -0.2) is 19.7 Å². The zero-order valence-corrected chi connectivity index (χ0v) is 19.7. The third-order valence-electron chi connectivity index (χ3n) is 6.57. The van der Waals surface area contributed by atoms with E-state index in [0.29, 0.717) is 17.3 Å². The van der Waals surface area contributed by atoms with Crippen LogP contribution in [0.5, 0.6) is 11.5 Å². The second-order valence-corrected chi connectivity index (χ2v) is 8.22. The highest BCUT2D eigenvalue weighted by Gasteiger charge is 2.52. The second-order valence-electron chi connectivity index (χ2n) is 8.22. The van der Waals surface area contributed by atoms with Crippen molar-refractivity contribution in [1.29, 1.82) is 0 Å². The summed E-state index contributed by atoms with van der Waals surface area (Å²) in [5.74, 6) is 0.952. The van der Waals surface area contributed by atoms with E-state index in [9.17, 15) is 9.59 Å². The van der Waals surface area contributed by atoms with Crippen molar-refractivity contribution in [3.8, 4) is 11.5 Å². The number of esters is 1. The zero-order chi connectivity index (χ0) is 24.5. The Morgan fingerprint density at radius 2 is 1.88 bits per heavy atom. The van der Waals surface area contributed by atoms with Crippen molar-refractivity contribution in [3.63, 3.8) is 0 Å². The normalized spacial score (nSPS) is 17.8. The van der Waals surface area contributed by atoms with Gasteiger partial charge in [0, 0.05) is 35.5 Å². The maximum absolute atomic E-state index is 13.9. The Kier molecular flexibility index (Phi) is 6.19. The molecular formula is C25H26N4O5. The van der Waals surface area contributed by atoms with Gasteiger partial charge in [-0.1, -0.05) is 13.0 Å². The molecule has 0 fully saturated rings. The first-order chi connectivity index (χ1) is 16.3. The summed E-state index contributed by atoms with van der Waals surface area (Å²) in [6.45, 7) is 4.13. The van der Waals surface area contributed by atoms with E-state index in [1.165, 1.54) is 13.4 Å². The van der Waals surface area contributed by atoms with E-state index in [0.717, 1.165) is 16.7 Å². The SMILES string of the molecule is COC(=O)c1ccc(C(C)[C@@]2(C)C(=O)N(Cc3ccc(OC)cc3OC)c3ncncc32)cn1. The molecule has 0 saturated carbocycles. The Hall–Kier alpha value is -4.01. The monoisotopic (exact) mass is 462 g/mol. The highest BCUT2D eigenvalue weighted by Crippen LogP contribution is 2.49. The number of hydrogen-bond donors (Lipinski definition) is 0. The first kappa shape index (κ1) is 23.2. The van der Waals surface area contributed by atoms with Crippen LogP contribution >= 0.6 is 0 Å². The molecule has 34 heavy (non-hydrogen) atoms. The Morgan fingerprint density at radius 3 is 2.53 bits per heavy atom. The summed E-state index contributed by atoms with van der Waals surface area (Å²) >= 11 is 0. The molecule has 1 aromatic carbocycles. The van der Waals surface area contributed by atoms with Crippen molar-refractivity contribution in [2.45, 2.75) is 31.7 Å².